The summed E-state index contributed by atoms with van der Waals surface area (Å²) in [5, 5.41) is 3.54. The second-order valence-electron chi connectivity index (χ2n) is 4.35. The fourth-order valence-corrected chi connectivity index (χ4v) is 2.30. The number of para-hydroxylation sites is 1. The van der Waals surface area contributed by atoms with E-state index in [4.69, 9.17) is 12.2 Å². The van der Waals surface area contributed by atoms with Crippen molar-refractivity contribution in [2.75, 3.05) is 0 Å². The van der Waals surface area contributed by atoms with Gasteiger partial charge in [-0.15, -0.1) is 0 Å². The average Bonchev–Trinajstić information content (AvgIpc) is 2.76. The molecule has 2 heterocycles. The number of aromatic amines is 1. The standard InChI is InChI=1S/C14H10N2O2S/c17-12-7-13(19)16-14(18)10(12)6-9-5-8-3-1-2-4-11(8)15-9/h1-6,15H,7H2,(H,16,18,19)/b10-6+. The van der Waals surface area contributed by atoms with Gasteiger partial charge in [0.15, 0.2) is 5.78 Å². The number of ketones is 1. The summed E-state index contributed by atoms with van der Waals surface area (Å²) < 4.78 is 0. The molecule has 2 aromatic rings. The van der Waals surface area contributed by atoms with E-state index in [1.165, 1.54) is 0 Å². The van der Waals surface area contributed by atoms with Crippen LogP contribution in [-0.4, -0.2) is 21.7 Å². The van der Waals surface area contributed by atoms with E-state index in [2.05, 4.69) is 10.3 Å². The second kappa shape index (κ2) is 4.44. The Bertz CT molecular complexity index is 688. The van der Waals surface area contributed by atoms with Gasteiger partial charge in [-0.25, -0.2) is 0 Å². The van der Waals surface area contributed by atoms with E-state index in [1.54, 1.807) is 6.08 Å². The molecule has 1 aromatic heterocycles. The first kappa shape index (κ1) is 11.8. The van der Waals surface area contributed by atoms with Crippen molar-refractivity contribution in [1.82, 2.24) is 10.3 Å². The van der Waals surface area contributed by atoms with Crippen LogP contribution in [0.3, 0.4) is 0 Å². The van der Waals surface area contributed by atoms with Crippen molar-refractivity contribution in [3.63, 3.8) is 0 Å². The van der Waals surface area contributed by atoms with Crippen LogP contribution >= 0.6 is 12.2 Å². The van der Waals surface area contributed by atoms with Crippen LogP contribution in [0.4, 0.5) is 0 Å². The zero-order valence-electron chi connectivity index (χ0n) is 9.90. The summed E-state index contributed by atoms with van der Waals surface area (Å²) >= 11 is 4.84. The van der Waals surface area contributed by atoms with Crippen molar-refractivity contribution >= 4 is 45.9 Å². The molecule has 1 aliphatic rings. The molecule has 5 heteroatoms. The Morgan fingerprint density at radius 1 is 1.21 bits per heavy atom. The first-order valence-electron chi connectivity index (χ1n) is 5.80. The number of hydrogen-bond donors (Lipinski definition) is 2. The number of carbonyl (C=O) groups excluding carboxylic acids is 2. The fourth-order valence-electron chi connectivity index (χ4n) is 2.08. The summed E-state index contributed by atoms with van der Waals surface area (Å²) in [5.74, 6) is -0.674. The monoisotopic (exact) mass is 270 g/mol. The minimum absolute atomic E-state index is 0.0904. The van der Waals surface area contributed by atoms with Gasteiger partial charge in [0.1, 0.15) is 0 Å². The fraction of sp³-hybridized carbons (Fsp3) is 0.0714. The average molecular weight is 270 g/mol. The maximum atomic E-state index is 11.8. The van der Waals surface area contributed by atoms with Crippen LogP contribution in [0.5, 0.6) is 0 Å². The van der Waals surface area contributed by atoms with Gasteiger partial charge in [-0.3, -0.25) is 9.59 Å². The Kier molecular flexibility index (Phi) is 2.76. The number of hydrogen-bond acceptors (Lipinski definition) is 3. The molecule has 1 amide bonds. The van der Waals surface area contributed by atoms with Gasteiger partial charge in [-0.2, -0.15) is 0 Å². The molecule has 0 atom stereocenters. The van der Waals surface area contributed by atoms with Crippen molar-refractivity contribution < 1.29 is 9.59 Å². The van der Waals surface area contributed by atoms with Crippen LogP contribution in [0.1, 0.15) is 12.1 Å². The number of Topliss-reactive ketones (excluding diaryl/α,β-unsaturated/α-hetero) is 1. The molecule has 4 nitrogen and oxygen atoms in total. The van der Waals surface area contributed by atoms with Crippen molar-refractivity contribution in [2.24, 2.45) is 0 Å². The minimum Gasteiger partial charge on any atom is -0.355 e. The number of fused-ring (bicyclic) bond motifs is 1. The highest BCUT2D eigenvalue weighted by Gasteiger charge is 2.26. The van der Waals surface area contributed by atoms with E-state index >= 15 is 0 Å². The first-order chi connectivity index (χ1) is 9.13. The number of thiocarbonyl (C=S) groups is 1. The first-order valence-corrected chi connectivity index (χ1v) is 6.21. The van der Waals surface area contributed by atoms with Crippen LogP contribution in [0, 0.1) is 0 Å². The summed E-state index contributed by atoms with van der Waals surface area (Å²) in [6.45, 7) is 0. The molecule has 0 bridgehead atoms. The normalized spacial score (nSPS) is 18.1. The molecular formula is C14H10N2O2S. The largest absolute Gasteiger partial charge is 0.355 e. The third-order valence-corrected chi connectivity index (χ3v) is 3.22. The van der Waals surface area contributed by atoms with Crippen molar-refractivity contribution in [3.8, 4) is 0 Å². The van der Waals surface area contributed by atoms with Crippen molar-refractivity contribution in [2.45, 2.75) is 6.42 Å². The molecular weight excluding hydrogens is 260 g/mol. The maximum Gasteiger partial charge on any atom is 0.259 e. The lowest BCUT2D eigenvalue weighted by atomic mass is 10.0. The minimum atomic E-state index is -0.431. The molecule has 3 rings (SSSR count). The molecule has 0 radical (unpaired) electrons. The number of carbonyl (C=O) groups is 2. The van der Waals surface area contributed by atoms with E-state index in [-0.39, 0.29) is 22.8 Å². The molecule has 0 unspecified atom stereocenters. The molecule has 19 heavy (non-hydrogen) atoms. The topological polar surface area (TPSA) is 62.0 Å². The summed E-state index contributed by atoms with van der Waals surface area (Å²) in [6, 6.07) is 9.66. The SMILES string of the molecule is O=C1CC(=S)NC(=O)/C1=C/c1cc2ccccc2[nH]1. The lowest BCUT2D eigenvalue weighted by molar-refractivity contribution is -0.122. The van der Waals surface area contributed by atoms with E-state index in [1.807, 2.05) is 30.3 Å². The summed E-state index contributed by atoms with van der Waals surface area (Å²) in [4.78, 5) is 27.0. The van der Waals surface area contributed by atoms with Gasteiger partial charge in [0.2, 0.25) is 0 Å². The van der Waals surface area contributed by atoms with Crippen LogP contribution in [0.25, 0.3) is 17.0 Å². The Morgan fingerprint density at radius 2 is 2.00 bits per heavy atom. The molecule has 1 saturated heterocycles. The zero-order valence-corrected chi connectivity index (χ0v) is 10.7. The Morgan fingerprint density at radius 3 is 2.74 bits per heavy atom. The van der Waals surface area contributed by atoms with E-state index in [0.717, 1.165) is 16.6 Å². The highest BCUT2D eigenvalue weighted by Crippen LogP contribution is 2.18. The van der Waals surface area contributed by atoms with E-state index < -0.39 is 5.91 Å². The lowest BCUT2D eigenvalue weighted by Crippen LogP contribution is -2.39. The van der Waals surface area contributed by atoms with Crippen molar-refractivity contribution in [3.05, 3.63) is 41.6 Å². The van der Waals surface area contributed by atoms with E-state index in [9.17, 15) is 9.59 Å². The third-order valence-electron chi connectivity index (χ3n) is 2.97. The van der Waals surface area contributed by atoms with Gasteiger partial charge in [0.25, 0.3) is 5.91 Å². The predicted octanol–water partition coefficient (Wildman–Crippen LogP) is 1.97. The Balaban J connectivity index is 2.02. The molecule has 94 valence electrons. The third kappa shape index (κ3) is 2.20. The molecule has 1 aromatic carbocycles. The van der Waals surface area contributed by atoms with Gasteiger partial charge in [-0.05, 0) is 23.6 Å². The number of benzene rings is 1. The van der Waals surface area contributed by atoms with Gasteiger partial charge >= 0.3 is 0 Å². The number of amides is 1. The van der Waals surface area contributed by atoms with Crippen LogP contribution in [0.2, 0.25) is 0 Å². The maximum absolute atomic E-state index is 11.8. The quantitative estimate of drug-likeness (QED) is 0.473. The van der Waals surface area contributed by atoms with Gasteiger partial charge in [0.05, 0.1) is 17.0 Å². The molecule has 1 aliphatic heterocycles. The summed E-state index contributed by atoms with van der Waals surface area (Å²) in [5.41, 5.74) is 1.83. The van der Waals surface area contributed by atoms with E-state index in [0.29, 0.717) is 0 Å². The van der Waals surface area contributed by atoms with Crippen LogP contribution < -0.4 is 5.32 Å². The molecule has 0 spiro atoms. The van der Waals surface area contributed by atoms with Crippen LogP contribution in [0.15, 0.2) is 35.9 Å². The number of H-pyrrole nitrogens is 1. The Labute approximate surface area is 114 Å². The van der Waals surface area contributed by atoms with Gasteiger partial charge in [-0.1, -0.05) is 30.4 Å². The molecule has 2 N–H and O–H groups in total. The number of nitrogens with one attached hydrogen (secondary N) is 2. The number of piperidine rings is 1. The van der Waals surface area contributed by atoms with Crippen molar-refractivity contribution in [1.29, 1.82) is 0 Å². The molecule has 0 saturated carbocycles. The van der Waals surface area contributed by atoms with Crippen LogP contribution in [-0.2, 0) is 9.59 Å². The summed E-state index contributed by atoms with van der Waals surface area (Å²) in [6.07, 6.45) is 1.66. The lowest BCUT2D eigenvalue weighted by Gasteiger charge is -2.14. The second-order valence-corrected chi connectivity index (χ2v) is 4.84. The highest BCUT2D eigenvalue weighted by molar-refractivity contribution is 7.80. The summed E-state index contributed by atoms with van der Waals surface area (Å²) in [7, 11) is 0. The van der Waals surface area contributed by atoms with Gasteiger partial charge in [0, 0.05) is 11.2 Å². The number of rotatable bonds is 1. The smallest absolute Gasteiger partial charge is 0.259 e. The van der Waals surface area contributed by atoms with Gasteiger partial charge < -0.3 is 10.3 Å². The molecule has 1 fully saturated rings. The highest BCUT2D eigenvalue weighted by atomic mass is 32.1. The molecule has 0 aliphatic carbocycles. The Hall–Kier alpha value is -2.27. The predicted molar refractivity (Wildman–Crippen MR) is 76.6 cm³/mol. The number of aromatic nitrogens is 1. The zero-order chi connectivity index (χ0) is 13.4.